The molecule has 1 aliphatic rings. The number of hydrogen-bond acceptors (Lipinski definition) is 4. The Hall–Kier alpha value is -1.52. The zero-order chi connectivity index (χ0) is 19.8. The fourth-order valence-electron chi connectivity index (χ4n) is 3.03. The molecule has 3 rings (SSSR count). The van der Waals surface area contributed by atoms with E-state index in [1.165, 1.54) is 5.56 Å². The highest BCUT2D eigenvalue weighted by Crippen LogP contribution is 2.19. The Labute approximate surface area is 198 Å². The molecular formula is C20H27ClIN5OS. The molecule has 1 aromatic heterocycles. The van der Waals surface area contributed by atoms with Gasteiger partial charge >= 0.3 is 0 Å². The molecule has 1 aromatic carbocycles. The molecule has 9 heteroatoms. The van der Waals surface area contributed by atoms with Crippen molar-refractivity contribution in [1.82, 2.24) is 15.5 Å². The summed E-state index contributed by atoms with van der Waals surface area (Å²) in [6.45, 7) is 6.68. The number of nitrogens with zero attached hydrogens (tertiary/aromatic N) is 3. The van der Waals surface area contributed by atoms with E-state index in [1.807, 2.05) is 41.5 Å². The van der Waals surface area contributed by atoms with Gasteiger partial charge in [-0.2, -0.15) is 11.3 Å². The van der Waals surface area contributed by atoms with Crippen LogP contribution in [-0.2, 0) is 11.3 Å². The highest BCUT2D eigenvalue weighted by atomic mass is 127. The molecule has 29 heavy (non-hydrogen) atoms. The third kappa shape index (κ3) is 7.35. The first-order valence-electron chi connectivity index (χ1n) is 9.47. The van der Waals surface area contributed by atoms with Crippen molar-refractivity contribution in [2.45, 2.75) is 13.5 Å². The number of hydrogen-bond donors (Lipinski definition) is 2. The van der Waals surface area contributed by atoms with Crippen LogP contribution >= 0.6 is 46.9 Å². The number of anilines is 1. The number of aliphatic imine (C=N–C) groups is 1. The van der Waals surface area contributed by atoms with Crippen LogP contribution in [0.25, 0.3) is 0 Å². The minimum absolute atomic E-state index is 0. The summed E-state index contributed by atoms with van der Waals surface area (Å²) in [4.78, 5) is 21.3. The Balaban J connectivity index is 0.00000300. The van der Waals surface area contributed by atoms with Gasteiger partial charge in [-0.05, 0) is 53.6 Å². The second kappa shape index (κ2) is 12.2. The zero-order valence-corrected chi connectivity index (χ0v) is 20.3. The molecule has 0 aliphatic carbocycles. The number of amides is 1. The van der Waals surface area contributed by atoms with Crippen molar-refractivity contribution < 1.29 is 4.79 Å². The molecule has 0 atom stereocenters. The molecular weight excluding hydrogens is 521 g/mol. The number of benzene rings is 1. The minimum Gasteiger partial charge on any atom is -0.368 e. The van der Waals surface area contributed by atoms with Gasteiger partial charge in [-0.15, -0.1) is 24.0 Å². The molecule has 2 heterocycles. The summed E-state index contributed by atoms with van der Waals surface area (Å²) in [5.74, 6) is 0.763. The largest absolute Gasteiger partial charge is 0.368 e. The van der Waals surface area contributed by atoms with Crippen molar-refractivity contribution in [2.24, 2.45) is 4.99 Å². The fourth-order valence-corrected chi connectivity index (χ4v) is 3.82. The van der Waals surface area contributed by atoms with E-state index >= 15 is 0 Å². The molecule has 1 saturated heterocycles. The first-order valence-corrected chi connectivity index (χ1v) is 10.8. The fraction of sp³-hybridized carbons (Fsp3) is 0.400. The number of carbonyl (C=O) groups is 1. The predicted octanol–water partition coefficient (Wildman–Crippen LogP) is 3.42. The average Bonchev–Trinajstić information content (AvgIpc) is 3.24. The molecule has 0 radical (unpaired) electrons. The topological polar surface area (TPSA) is 60.0 Å². The van der Waals surface area contributed by atoms with E-state index in [0.717, 1.165) is 30.3 Å². The first kappa shape index (κ1) is 23.8. The van der Waals surface area contributed by atoms with E-state index < -0.39 is 0 Å². The van der Waals surface area contributed by atoms with Gasteiger partial charge in [-0.1, -0.05) is 11.6 Å². The normalized spacial score (nSPS) is 14.3. The maximum atomic E-state index is 12.6. The second-order valence-corrected chi connectivity index (χ2v) is 7.74. The summed E-state index contributed by atoms with van der Waals surface area (Å²) >= 11 is 7.62. The lowest BCUT2D eigenvalue weighted by Crippen LogP contribution is -2.52. The molecule has 1 fully saturated rings. The van der Waals surface area contributed by atoms with E-state index in [4.69, 9.17) is 11.6 Å². The number of guanidine groups is 1. The monoisotopic (exact) mass is 547 g/mol. The third-order valence-corrected chi connectivity index (χ3v) is 5.56. The van der Waals surface area contributed by atoms with E-state index in [-0.39, 0.29) is 36.4 Å². The van der Waals surface area contributed by atoms with Crippen molar-refractivity contribution in [2.75, 3.05) is 44.2 Å². The summed E-state index contributed by atoms with van der Waals surface area (Å²) in [6.07, 6.45) is 0. The molecule has 0 saturated carbocycles. The average molecular weight is 548 g/mol. The van der Waals surface area contributed by atoms with Crippen LogP contribution in [0.1, 0.15) is 12.5 Å². The molecule has 2 aromatic rings. The van der Waals surface area contributed by atoms with Gasteiger partial charge in [0.1, 0.15) is 0 Å². The van der Waals surface area contributed by atoms with Crippen molar-refractivity contribution in [3.8, 4) is 0 Å². The Kier molecular flexibility index (Phi) is 10.0. The summed E-state index contributed by atoms with van der Waals surface area (Å²) in [7, 11) is 0. The van der Waals surface area contributed by atoms with Crippen molar-refractivity contribution in [3.05, 3.63) is 51.7 Å². The first-order chi connectivity index (χ1) is 13.7. The number of piperazine rings is 1. The van der Waals surface area contributed by atoms with E-state index in [0.29, 0.717) is 25.6 Å². The summed E-state index contributed by atoms with van der Waals surface area (Å²) in [6, 6.07) is 9.90. The van der Waals surface area contributed by atoms with Gasteiger partial charge in [-0.25, -0.2) is 4.99 Å². The number of rotatable bonds is 6. The molecule has 2 N–H and O–H groups in total. The maximum Gasteiger partial charge on any atom is 0.242 e. The van der Waals surface area contributed by atoms with Crippen molar-refractivity contribution in [3.63, 3.8) is 0 Å². The Morgan fingerprint density at radius 2 is 1.86 bits per heavy atom. The summed E-state index contributed by atoms with van der Waals surface area (Å²) in [5, 5.41) is 11.2. The lowest BCUT2D eigenvalue weighted by molar-refractivity contribution is -0.130. The number of thiophene rings is 1. The molecule has 6 nitrogen and oxygen atoms in total. The standard InChI is InChI=1S/C20H26ClN5OS.HI/c1-2-22-20(23-13-16-7-12-28-15-16)24-14-19(27)26-10-8-25(9-11-26)18-5-3-17(21)4-6-18;/h3-7,12,15H,2,8-11,13-14H2,1H3,(H2,22,23,24);1H. The third-order valence-electron chi connectivity index (χ3n) is 4.58. The SMILES string of the molecule is CCNC(=NCc1ccsc1)NCC(=O)N1CCN(c2ccc(Cl)cc2)CC1.I. The Morgan fingerprint density at radius 3 is 2.48 bits per heavy atom. The van der Waals surface area contributed by atoms with Gasteiger partial charge in [0, 0.05) is 43.4 Å². The smallest absolute Gasteiger partial charge is 0.242 e. The molecule has 0 bridgehead atoms. The summed E-state index contributed by atoms with van der Waals surface area (Å²) < 4.78 is 0. The number of nitrogens with one attached hydrogen (secondary N) is 2. The lowest BCUT2D eigenvalue weighted by Gasteiger charge is -2.36. The Bertz CT molecular complexity index is 777. The highest BCUT2D eigenvalue weighted by Gasteiger charge is 2.21. The van der Waals surface area contributed by atoms with Gasteiger partial charge in [0.25, 0.3) is 0 Å². The van der Waals surface area contributed by atoms with Crippen molar-refractivity contribution in [1.29, 1.82) is 0 Å². The van der Waals surface area contributed by atoms with Crippen LogP contribution in [0.4, 0.5) is 5.69 Å². The molecule has 1 aliphatic heterocycles. The number of halogens is 2. The van der Waals surface area contributed by atoms with Gasteiger partial charge in [0.15, 0.2) is 5.96 Å². The van der Waals surface area contributed by atoms with E-state index in [9.17, 15) is 4.79 Å². The maximum absolute atomic E-state index is 12.6. The van der Waals surface area contributed by atoms with Gasteiger partial charge in [-0.3, -0.25) is 4.79 Å². The van der Waals surface area contributed by atoms with Gasteiger partial charge in [0.05, 0.1) is 13.1 Å². The van der Waals surface area contributed by atoms with Crippen LogP contribution in [-0.4, -0.2) is 56.0 Å². The lowest BCUT2D eigenvalue weighted by atomic mass is 10.2. The van der Waals surface area contributed by atoms with Gasteiger partial charge < -0.3 is 20.4 Å². The highest BCUT2D eigenvalue weighted by molar-refractivity contribution is 14.0. The molecule has 0 spiro atoms. The predicted molar refractivity (Wildman–Crippen MR) is 133 cm³/mol. The van der Waals surface area contributed by atoms with Crippen LogP contribution in [0.5, 0.6) is 0 Å². The quantitative estimate of drug-likeness (QED) is 0.331. The molecule has 1 amide bonds. The molecule has 158 valence electrons. The van der Waals surface area contributed by atoms with E-state index in [2.05, 4.69) is 32.0 Å². The van der Waals surface area contributed by atoms with E-state index in [1.54, 1.807) is 11.3 Å². The van der Waals surface area contributed by atoms with Crippen LogP contribution in [0.15, 0.2) is 46.1 Å². The molecule has 0 unspecified atom stereocenters. The van der Waals surface area contributed by atoms with Crippen molar-refractivity contribution >= 4 is 64.5 Å². The summed E-state index contributed by atoms with van der Waals surface area (Å²) in [5.41, 5.74) is 2.32. The van der Waals surface area contributed by atoms with Crippen LogP contribution in [0.2, 0.25) is 5.02 Å². The number of carbonyl (C=O) groups excluding carboxylic acids is 1. The second-order valence-electron chi connectivity index (χ2n) is 6.52. The van der Waals surface area contributed by atoms with Crippen LogP contribution in [0.3, 0.4) is 0 Å². The minimum atomic E-state index is 0. The zero-order valence-electron chi connectivity index (χ0n) is 16.4. The Morgan fingerprint density at radius 1 is 1.14 bits per heavy atom. The van der Waals surface area contributed by atoms with Crippen LogP contribution < -0.4 is 15.5 Å². The van der Waals surface area contributed by atoms with Crippen LogP contribution in [0, 0.1) is 0 Å². The van der Waals surface area contributed by atoms with Gasteiger partial charge in [0.2, 0.25) is 5.91 Å².